The predicted octanol–water partition coefficient (Wildman–Crippen LogP) is 3.82. The number of ketones is 1. The first-order chi connectivity index (χ1) is 23.1. The molecule has 4 atom stereocenters. The zero-order chi connectivity index (χ0) is 34.0. The second-order valence-corrected chi connectivity index (χ2v) is 13.3. The van der Waals surface area contributed by atoms with Crippen LogP contribution in [0.4, 0.5) is 5.69 Å². The van der Waals surface area contributed by atoms with Gasteiger partial charge in [-0.1, -0.05) is 42.8 Å². The number of para-hydroxylation sites is 1. The van der Waals surface area contributed by atoms with Crippen molar-refractivity contribution >= 4 is 29.3 Å². The summed E-state index contributed by atoms with van der Waals surface area (Å²) in [7, 11) is 1.68. The molecule has 1 amide bonds. The van der Waals surface area contributed by atoms with Gasteiger partial charge in [-0.2, -0.15) is 0 Å². The minimum atomic E-state index is -1.26. The first-order valence-electron chi connectivity index (χ1n) is 16.6. The lowest BCUT2D eigenvalue weighted by molar-refractivity contribution is -0.134. The Morgan fingerprint density at radius 2 is 1.81 bits per heavy atom. The lowest BCUT2D eigenvalue weighted by Crippen LogP contribution is -2.43. The number of benzene rings is 2. The van der Waals surface area contributed by atoms with Crippen LogP contribution in [0.15, 0.2) is 54.6 Å². The van der Waals surface area contributed by atoms with E-state index >= 15 is 0 Å². The van der Waals surface area contributed by atoms with Crippen molar-refractivity contribution in [2.75, 3.05) is 31.6 Å². The summed E-state index contributed by atoms with van der Waals surface area (Å²) in [5.74, 6) is -0.561. The van der Waals surface area contributed by atoms with E-state index in [1.807, 2.05) is 29.2 Å². The number of nitrogens with zero attached hydrogens (tertiary/aromatic N) is 2. The number of unbranched alkanes of at least 4 members (excludes halogenated alkanes) is 2. The van der Waals surface area contributed by atoms with Gasteiger partial charge in [0.1, 0.15) is 11.9 Å². The number of Topliss-reactive ketones (excluding diaryl/α,β-unsaturated/α-hetero) is 1. The SMILES string of the molecule is COc1ccc2c3c1O[C@H]1C[C@@H](O)C=C[C@]31CCN(CCCCCC(=O)C1Cc3cccc4c3N(C1)C(=O)C4)C2.O=C(O)/C=C/C(=O)O. The predicted molar refractivity (Wildman–Crippen MR) is 176 cm³/mol. The van der Waals surface area contributed by atoms with Crippen LogP contribution in [0.3, 0.4) is 0 Å². The molecule has 5 aliphatic rings. The number of carboxylic acids is 2. The molecule has 254 valence electrons. The number of amides is 1. The molecule has 1 aliphatic carbocycles. The zero-order valence-corrected chi connectivity index (χ0v) is 27.1. The second kappa shape index (κ2) is 13.9. The summed E-state index contributed by atoms with van der Waals surface area (Å²) in [5.41, 5.74) is 5.64. The fraction of sp³-hybridized carbons (Fsp3) is 0.459. The van der Waals surface area contributed by atoms with E-state index in [0.29, 0.717) is 43.7 Å². The average Bonchev–Trinajstić information content (AvgIpc) is 3.51. The van der Waals surface area contributed by atoms with Crippen LogP contribution in [0.1, 0.15) is 60.8 Å². The molecule has 11 heteroatoms. The van der Waals surface area contributed by atoms with E-state index in [4.69, 9.17) is 19.7 Å². The van der Waals surface area contributed by atoms with Crippen LogP contribution in [-0.2, 0) is 44.0 Å². The van der Waals surface area contributed by atoms with E-state index in [2.05, 4.69) is 23.1 Å². The Kier molecular flexibility index (Phi) is 9.70. The quantitative estimate of drug-likeness (QED) is 0.195. The number of carbonyl (C=O) groups excluding carboxylic acids is 2. The van der Waals surface area contributed by atoms with Crippen molar-refractivity contribution in [2.24, 2.45) is 5.92 Å². The van der Waals surface area contributed by atoms with Gasteiger partial charge in [0.05, 0.1) is 30.7 Å². The van der Waals surface area contributed by atoms with Crippen molar-refractivity contribution in [1.82, 2.24) is 4.90 Å². The lowest BCUT2D eigenvalue weighted by Gasteiger charge is -2.36. The highest BCUT2D eigenvalue weighted by Gasteiger charge is 2.52. The maximum Gasteiger partial charge on any atom is 0.328 e. The zero-order valence-electron chi connectivity index (χ0n) is 27.1. The number of carboxylic acid groups (broad SMARTS) is 2. The van der Waals surface area contributed by atoms with Crippen molar-refractivity contribution in [1.29, 1.82) is 0 Å². The molecule has 4 heterocycles. The maximum absolute atomic E-state index is 13.1. The molecule has 2 aromatic carbocycles. The summed E-state index contributed by atoms with van der Waals surface area (Å²) in [4.78, 5) is 49.1. The number of hydrogen-bond donors (Lipinski definition) is 3. The van der Waals surface area contributed by atoms with Crippen LogP contribution in [0.25, 0.3) is 0 Å². The van der Waals surface area contributed by atoms with E-state index in [0.717, 1.165) is 80.1 Å². The number of rotatable bonds is 10. The molecule has 48 heavy (non-hydrogen) atoms. The van der Waals surface area contributed by atoms with Crippen LogP contribution in [0.2, 0.25) is 0 Å². The van der Waals surface area contributed by atoms with Crippen molar-refractivity contribution in [3.63, 3.8) is 0 Å². The molecule has 3 N–H and O–H groups in total. The van der Waals surface area contributed by atoms with Crippen molar-refractivity contribution in [3.8, 4) is 11.5 Å². The first kappa shape index (κ1) is 33.4. The van der Waals surface area contributed by atoms with Gasteiger partial charge >= 0.3 is 11.9 Å². The Hall–Kier alpha value is -4.48. The summed E-state index contributed by atoms with van der Waals surface area (Å²) in [6, 6.07) is 10.3. The summed E-state index contributed by atoms with van der Waals surface area (Å²) >= 11 is 0. The van der Waals surface area contributed by atoms with E-state index in [9.17, 15) is 24.3 Å². The van der Waals surface area contributed by atoms with Crippen molar-refractivity contribution < 1.29 is 44.0 Å². The third-order valence-electron chi connectivity index (χ3n) is 10.2. The molecule has 11 nitrogen and oxygen atoms in total. The fourth-order valence-electron chi connectivity index (χ4n) is 7.98. The number of hydrogen-bond acceptors (Lipinski definition) is 8. The average molecular weight is 659 g/mol. The van der Waals surface area contributed by atoms with Crippen molar-refractivity contribution in [3.05, 3.63) is 76.9 Å². The van der Waals surface area contributed by atoms with E-state index in [1.54, 1.807) is 7.11 Å². The Morgan fingerprint density at radius 1 is 1.04 bits per heavy atom. The number of aliphatic hydroxyl groups excluding tert-OH is 1. The highest BCUT2D eigenvalue weighted by molar-refractivity contribution is 6.03. The third-order valence-corrected chi connectivity index (χ3v) is 10.2. The van der Waals surface area contributed by atoms with E-state index in [1.165, 1.54) is 11.1 Å². The summed E-state index contributed by atoms with van der Waals surface area (Å²) in [5, 5.41) is 25.9. The maximum atomic E-state index is 13.1. The minimum Gasteiger partial charge on any atom is -0.493 e. The van der Waals surface area contributed by atoms with Gasteiger partial charge in [0.25, 0.3) is 0 Å². The molecular formula is C37H42N2O9. The number of ether oxygens (including phenoxy) is 2. The van der Waals surface area contributed by atoms with Crippen LogP contribution in [0.5, 0.6) is 11.5 Å². The van der Waals surface area contributed by atoms with E-state index < -0.39 is 18.0 Å². The highest BCUT2D eigenvalue weighted by atomic mass is 16.5. The topological polar surface area (TPSA) is 154 Å². The smallest absolute Gasteiger partial charge is 0.328 e. The number of aliphatic hydroxyl groups is 1. The summed E-state index contributed by atoms with van der Waals surface area (Å²) in [6.07, 6.45) is 11.0. The Labute approximate surface area is 279 Å². The standard InChI is InChI=1S/C33H38N2O5.C4H4O4/c1-39-27-10-9-23-19-34(15-13-33-12-11-25(36)18-28(33)40-32(27)30(23)33)14-4-2-3-8-26(37)24-16-21-6-5-7-22-17-29(38)35(20-24)31(21)22;5-3(6)1-2-4(7)8/h5-7,9-12,24-25,28,36H,2-4,8,13-20H2,1H3;1-2H,(H,5,6)(H,7,8)/b;2-1+/t24?,25-,28-,33+;/m0./s1. The molecule has 1 unspecified atom stereocenters. The van der Waals surface area contributed by atoms with Gasteiger partial charge in [0.2, 0.25) is 5.91 Å². The van der Waals surface area contributed by atoms with Crippen LogP contribution >= 0.6 is 0 Å². The Morgan fingerprint density at radius 3 is 2.56 bits per heavy atom. The molecule has 4 aliphatic heterocycles. The number of aliphatic carboxylic acids is 2. The first-order valence-corrected chi connectivity index (χ1v) is 16.6. The van der Waals surface area contributed by atoms with Crippen molar-refractivity contribution in [2.45, 2.75) is 75.5 Å². The van der Waals surface area contributed by atoms with Gasteiger partial charge in [0.15, 0.2) is 11.5 Å². The Bertz CT molecular complexity index is 1650. The molecule has 0 saturated heterocycles. The molecule has 0 radical (unpaired) electrons. The normalized spacial score (nSPS) is 24.9. The largest absolute Gasteiger partial charge is 0.493 e. The Balaban J connectivity index is 0.000000449. The van der Waals surface area contributed by atoms with Gasteiger partial charge < -0.3 is 29.7 Å². The van der Waals surface area contributed by atoms with Gasteiger partial charge in [-0.25, -0.2) is 9.59 Å². The number of methoxy groups -OCH3 is 1. The number of anilines is 1. The third kappa shape index (κ3) is 6.61. The fourth-order valence-corrected chi connectivity index (χ4v) is 7.98. The van der Waals surface area contributed by atoms with Crippen LogP contribution in [0, 0.1) is 5.92 Å². The minimum absolute atomic E-state index is 0.0716. The molecule has 0 bridgehead atoms. The molecule has 7 rings (SSSR count). The van der Waals surface area contributed by atoms with Gasteiger partial charge in [-0.3, -0.25) is 14.5 Å². The van der Waals surface area contributed by atoms with Gasteiger partial charge in [-0.15, -0.1) is 0 Å². The molecule has 0 aromatic heterocycles. The van der Waals surface area contributed by atoms with Gasteiger partial charge in [0, 0.05) is 49.6 Å². The molecule has 0 fully saturated rings. The lowest BCUT2D eigenvalue weighted by atomic mass is 9.69. The molecule has 2 aromatic rings. The van der Waals surface area contributed by atoms with E-state index in [-0.39, 0.29) is 23.3 Å². The monoisotopic (exact) mass is 658 g/mol. The molecule has 0 saturated carbocycles. The number of carbonyl (C=O) groups is 4. The molecule has 1 spiro atoms. The second-order valence-electron chi connectivity index (χ2n) is 13.3. The van der Waals surface area contributed by atoms with Crippen LogP contribution < -0.4 is 14.4 Å². The summed E-state index contributed by atoms with van der Waals surface area (Å²) in [6.45, 7) is 3.36. The summed E-state index contributed by atoms with van der Waals surface area (Å²) < 4.78 is 12.1. The van der Waals surface area contributed by atoms with Crippen LogP contribution in [-0.4, -0.2) is 82.8 Å². The highest BCUT2D eigenvalue weighted by Crippen LogP contribution is 2.55. The molecular weight excluding hydrogens is 616 g/mol. The van der Waals surface area contributed by atoms with Gasteiger partial charge in [-0.05, 0) is 61.5 Å².